The number of allylic oxidation sites excluding steroid dienone is 4. The fourth-order valence-corrected chi connectivity index (χ4v) is 10.7. The molecule has 1 unspecified atom stereocenters. The van der Waals surface area contributed by atoms with Crippen molar-refractivity contribution < 1.29 is 28.6 Å². The van der Waals surface area contributed by atoms with Crippen molar-refractivity contribution in [2.45, 2.75) is 399 Å². The molecule has 0 heterocycles. The maximum atomic E-state index is 12.9. The van der Waals surface area contributed by atoms with Crippen LogP contribution in [-0.4, -0.2) is 37.2 Å². The maximum absolute atomic E-state index is 12.9. The van der Waals surface area contributed by atoms with Crippen molar-refractivity contribution in [1.82, 2.24) is 0 Å². The van der Waals surface area contributed by atoms with Crippen molar-refractivity contribution in [2.24, 2.45) is 0 Å². The fourth-order valence-electron chi connectivity index (χ4n) is 10.7. The minimum atomic E-state index is -0.774. The fraction of sp³-hybridized carbons (Fsp3) is 0.901. The van der Waals surface area contributed by atoms with Gasteiger partial charge in [0.1, 0.15) is 13.2 Å². The van der Waals surface area contributed by atoms with Gasteiger partial charge in [-0.05, 0) is 51.4 Å². The quantitative estimate of drug-likeness (QED) is 0.0261. The Morgan fingerprint density at radius 2 is 0.468 bits per heavy atom. The highest BCUT2D eigenvalue weighted by Gasteiger charge is 2.19. The number of carbonyl (C=O) groups is 3. The van der Waals surface area contributed by atoms with Crippen molar-refractivity contribution in [1.29, 1.82) is 0 Å². The molecule has 1 atom stereocenters. The lowest BCUT2D eigenvalue weighted by Gasteiger charge is -2.18. The second-order valence-corrected chi connectivity index (χ2v) is 23.8. The van der Waals surface area contributed by atoms with Gasteiger partial charge in [0.25, 0.3) is 0 Å². The van der Waals surface area contributed by atoms with Crippen LogP contribution in [0.2, 0.25) is 0 Å². The lowest BCUT2D eigenvalue weighted by Crippen LogP contribution is -2.30. The molecule has 0 rings (SSSR count). The number of rotatable bonds is 65. The second kappa shape index (κ2) is 66.4. The van der Waals surface area contributed by atoms with Crippen LogP contribution in [0, 0.1) is 0 Å². The summed E-state index contributed by atoms with van der Waals surface area (Å²) < 4.78 is 17.0. The van der Waals surface area contributed by atoms with E-state index in [0.717, 1.165) is 77.0 Å². The molecule has 0 amide bonds. The van der Waals surface area contributed by atoms with E-state index in [0.29, 0.717) is 19.3 Å². The average molecular weight is 1080 g/mol. The minimum absolute atomic E-state index is 0.0692. The largest absolute Gasteiger partial charge is 0.462 e. The van der Waals surface area contributed by atoms with Crippen LogP contribution in [0.1, 0.15) is 393 Å². The summed E-state index contributed by atoms with van der Waals surface area (Å²) in [6.07, 6.45) is 80.6. The Balaban J connectivity index is 4.27. The zero-order valence-corrected chi connectivity index (χ0v) is 52.3. The van der Waals surface area contributed by atoms with Crippen LogP contribution in [0.3, 0.4) is 0 Å². The Bertz CT molecular complexity index is 1240. The van der Waals surface area contributed by atoms with Gasteiger partial charge >= 0.3 is 17.9 Å². The van der Waals surface area contributed by atoms with Crippen molar-refractivity contribution >= 4 is 17.9 Å². The van der Waals surface area contributed by atoms with Gasteiger partial charge in [-0.2, -0.15) is 0 Å². The van der Waals surface area contributed by atoms with E-state index in [1.807, 2.05) is 0 Å². The predicted molar refractivity (Wildman–Crippen MR) is 335 cm³/mol. The monoisotopic (exact) mass is 1080 g/mol. The van der Waals surface area contributed by atoms with E-state index < -0.39 is 6.10 Å². The normalized spacial score (nSPS) is 12.1. The van der Waals surface area contributed by atoms with Crippen LogP contribution in [-0.2, 0) is 28.6 Å². The van der Waals surface area contributed by atoms with Crippen LogP contribution in [0.4, 0.5) is 0 Å². The first-order valence-corrected chi connectivity index (χ1v) is 34.8. The van der Waals surface area contributed by atoms with Gasteiger partial charge in [-0.3, -0.25) is 14.4 Å². The first-order valence-electron chi connectivity index (χ1n) is 34.8. The number of hydrogen-bond acceptors (Lipinski definition) is 6. The molecule has 0 aromatic heterocycles. The third kappa shape index (κ3) is 64.6. The number of esters is 3. The molecule has 6 heteroatoms. The average Bonchev–Trinajstić information content (AvgIpc) is 3.43. The number of hydrogen-bond donors (Lipinski definition) is 0. The molecule has 0 aliphatic rings. The summed E-state index contributed by atoms with van der Waals surface area (Å²) in [5.74, 6) is -0.851. The SMILES string of the molecule is CCCCC/C=C\C/C=C\CCCCCCCC(=O)OCC(COC(=O)CCCCCCCCCCCCCCCCCCCCCCCCC)OC(=O)CCCCCCCCCCCCCCCCCCCCCCC. The molecular formula is C71H134O6. The van der Waals surface area contributed by atoms with Crippen molar-refractivity contribution in [3.05, 3.63) is 24.3 Å². The van der Waals surface area contributed by atoms with E-state index >= 15 is 0 Å². The number of carbonyl (C=O) groups excluding carboxylic acids is 3. The van der Waals surface area contributed by atoms with E-state index in [1.54, 1.807) is 0 Å². The van der Waals surface area contributed by atoms with Gasteiger partial charge in [-0.15, -0.1) is 0 Å². The lowest BCUT2D eigenvalue weighted by molar-refractivity contribution is -0.167. The standard InChI is InChI=1S/C71H134O6/c1-4-7-10-13-16-19-22-25-28-30-32-34-35-37-38-40-43-46-49-52-55-58-61-64-70(73)76-67-68(66-75-69(72)63-60-57-54-51-48-45-42-27-24-21-18-15-12-9-6-3)77-71(74)65-62-59-56-53-50-47-44-41-39-36-33-31-29-26-23-20-17-14-11-8-5-2/h18,21,27,42,68H,4-17,19-20,22-26,28-41,43-67H2,1-3H3/b21-18-,42-27-. The Morgan fingerprint density at radius 1 is 0.260 bits per heavy atom. The molecule has 0 radical (unpaired) electrons. The Hall–Kier alpha value is -2.11. The summed E-state index contributed by atoms with van der Waals surface area (Å²) in [5, 5.41) is 0. The minimum Gasteiger partial charge on any atom is -0.462 e. The molecule has 77 heavy (non-hydrogen) atoms. The van der Waals surface area contributed by atoms with Gasteiger partial charge < -0.3 is 14.2 Å². The molecule has 0 saturated heterocycles. The maximum Gasteiger partial charge on any atom is 0.306 e. The zero-order chi connectivity index (χ0) is 55.7. The molecule has 0 aromatic rings. The molecule has 6 nitrogen and oxygen atoms in total. The van der Waals surface area contributed by atoms with E-state index in [1.165, 1.54) is 276 Å². The molecule has 0 N–H and O–H groups in total. The molecule has 454 valence electrons. The highest BCUT2D eigenvalue weighted by atomic mass is 16.6. The first-order chi connectivity index (χ1) is 38.0. The van der Waals surface area contributed by atoms with Crippen molar-refractivity contribution in [2.75, 3.05) is 13.2 Å². The van der Waals surface area contributed by atoms with Crippen LogP contribution < -0.4 is 0 Å². The number of ether oxygens (including phenoxy) is 3. The summed E-state index contributed by atoms with van der Waals surface area (Å²) >= 11 is 0. The van der Waals surface area contributed by atoms with E-state index in [2.05, 4.69) is 45.1 Å². The zero-order valence-electron chi connectivity index (χ0n) is 52.3. The first kappa shape index (κ1) is 74.9. The van der Waals surface area contributed by atoms with Crippen LogP contribution in [0.15, 0.2) is 24.3 Å². The number of unbranched alkanes of at least 4 members (excludes halogenated alkanes) is 50. The summed E-state index contributed by atoms with van der Waals surface area (Å²) in [6, 6.07) is 0. The molecule has 0 aliphatic carbocycles. The summed E-state index contributed by atoms with van der Waals surface area (Å²) in [4.78, 5) is 38.4. The van der Waals surface area contributed by atoms with Crippen LogP contribution in [0.5, 0.6) is 0 Å². The Labute approximate surface area is 481 Å². The van der Waals surface area contributed by atoms with Gasteiger partial charge in [0.05, 0.1) is 0 Å². The Morgan fingerprint density at radius 3 is 0.740 bits per heavy atom. The molecule has 0 spiro atoms. The molecule has 0 aliphatic heterocycles. The Kier molecular flexibility index (Phi) is 64.6. The highest BCUT2D eigenvalue weighted by molar-refractivity contribution is 5.71. The molecule has 0 bridgehead atoms. The third-order valence-corrected chi connectivity index (χ3v) is 16.0. The van der Waals surface area contributed by atoms with E-state index in [-0.39, 0.29) is 31.1 Å². The lowest BCUT2D eigenvalue weighted by atomic mass is 10.0. The summed E-state index contributed by atoms with van der Waals surface area (Å²) in [5.41, 5.74) is 0. The topological polar surface area (TPSA) is 78.9 Å². The van der Waals surface area contributed by atoms with Gasteiger partial charge in [0.15, 0.2) is 6.10 Å². The molecule has 0 fully saturated rings. The van der Waals surface area contributed by atoms with Gasteiger partial charge in [0.2, 0.25) is 0 Å². The molecule has 0 aromatic carbocycles. The van der Waals surface area contributed by atoms with Crippen molar-refractivity contribution in [3.63, 3.8) is 0 Å². The van der Waals surface area contributed by atoms with Gasteiger partial charge in [-0.25, -0.2) is 0 Å². The smallest absolute Gasteiger partial charge is 0.306 e. The van der Waals surface area contributed by atoms with E-state index in [9.17, 15) is 14.4 Å². The summed E-state index contributed by atoms with van der Waals surface area (Å²) in [6.45, 7) is 6.69. The summed E-state index contributed by atoms with van der Waals surface area (Å²) in [7, 11) is 0. The van der Waals surface area contributed by atoms with Gasteiger partial charge in [0, 0.05) is 19.3 Å². The van der Waals surface area contributed by atoms with Crippen LogP contribution in [0.25, 0.3) is 0 Å². The molecular weight excluding hydrogens is 949 g/mol. The highest BCUT2D eigenvalue weighted by Crippen LogP contribution is 2.19. The van der Waals surface area contributed by atoms with Crippen molar-refractivity contribution in [3.8, 4) is 0 Å². The third-order valence-electron chi connectivity index (χ3n) is 16.0. The van der Waals surface area contributed by atoms with Gasteiger partial charge in [-0.1, -0.05) is 347 Å². The molecule has 0 saturated carbocycles. The predicted octanol–water partition coefficient (Wildman–Crippen LogP) is 23.8. The van der Waals surface area contributed by atoms with E-state index in [4.69, 9.17) is 14.2 Å². The second-order valence-electron chi connectivity index (χ2n) is 23.8. The van der Waals surface area contributed by atoms with Crippen LogP contribution >= 0.6 is 0 Å².